The molecule has 0 amide bonds. The molecule has 1 aromatic heterocycles. The van der Waals surface area contributed by atoms with E-state index in [1.165, 1.54) is 12.1 Å². The van der Waals surface area contributed by atoms with Gasteiger partial charge in [-0.1, -0.05) is 12.1 Å². The fourth-order valence-electron chi connectivity index (χ4n) is 1.45. The number of nitrogens with one attached hydrogen (secondary N) is 1. The largest absolute Gasteiger partial charge is 0.350 e. The molecule has 6 nitrogen and oxygen atoms in total. The van der Waals surface area contributed by atoms with Gasteiger partial charge < -0.3 is 5.32 Å². The van der Waals surface area contributed by atoms with Gasteiger partial charge in [0.15, 0.2) is 0 Å². The highest BCUT2D eigenvalue weighted by Crippen LogP contribution is 2.12. The summed E-state index contributed by atoms with van der Waals surface area (Å²) in [7, 11) is 0. The number of aryl methyl sites for hydroxylation is 1. The number of nitrogens with zero attached hydrogens (tertiary/aromatic N) is 3. The van der Waals surface area contributed by atoms with Crippen molar-refractivity contribution in [1.82, 2.24) is 9.97 Å². The Bertz CT molecular complexity index is 554. The SMILES string of the molecule is Cc1ccnc(NCc2ccc([N+](=O)[O-])cc2)n1. The molecular formula is C12H12N4O2. The molecule has 0 fully saturated rings. The van der Waals surface area contributed by atoms with Crippen molar-refractivity contribution >= 4 is 11.6 Å². The molecule has 0 atom stereocenters. The van der Waals surface area contributed by atoms with Gasteiger partial charge in [0.05, 0.1) is 4.92 Å². The summed E-state index contributed by atoms with van der Waals surface area (Å²) in [5.41, 5.74) is 1.91. The lowest BCUT2D eigenvalue weighted by Crippen LogP contribution is -2.03. The highest BCUT2D eigenvalue weighted by atomic mass is 16.6. The Kier molecular flexibility index (Phi) is 3.47. The molecule has 1 heterocycles. The monoisotopic (exact) mass is 244 g/mol. The first kappa shape index (κ1) is 12.0. The second-order valence-corrected chi connectivity index (χ2v) is 3.80. The summed E-state index contributed by atoms with van der Waals surface area (Å²) in [5, 5.41) is 13.6. The summed E-state index contributed by atoms with van der Waals surface area (Å²) >= 11 is 0. The molecule has 0 spiro atoms. The molecule has 18 heavy (non-hydrogen) atoms. The first-order valence-electron chi connectivity index (χ1n) is 5.42. The Balaban J connectivity index is 2.00. The summed E-state index contributed by atoms with van der Waals surface area (Å²) in [4.78, 5) is 18.4. The zero-order valence-electron chi connectivity index (χ0n) is 9.83. The van der Waals surface area contributed by atoms with Gasteiger partial charge in [0, 0.05) is 30.6 Å². The highest BCUT2D eigenvalue weighted by molar-refractivity contribution is 5.35. The molecular weight excluding hydrogens is 232 g/mol. The molecule has 0 radical (unpaired) electrons. The van der Waals surface area contributed by atoms with E-state index in [0.717, 1.165) is 11.3 Å². The number of nitro benzene ring substituents is 1. The Morgan fingerprint density at radius 2 is 2.00 bits per heavy atom. The first-order valence-corrected chi connectivity index (χ1v) is 5.42. The standard InChI is InChI=1S/C12H12N4O2/c1-9-6-7-13-12(15-9)14-8-10-2-4-11(5-3-10)16(17)18/h2-7H,8H2,1H3,(H,13,14,15). The van der Waals surface area contributed by atoms with Crippen molar-refractivity contribution in [3.8, 4) is 0 Å². The van der Waals surface area contributed by atoms with Crippen LogP contribution in [0.2, 0.25) is 0 Å². The van der Waals surface area contributed by atoms with Crippen LogP contribution in [-0.2, 0) is 6.54 Å². The molecule has 0 unspecified atom stereocenters. The summed E-state index contributed by atoms with van der Waals surface area (Å²) < 4.78 is 0. The number of rotatable bonds is 4. The topological polar surface area (TPSA) is 81.0 Å². The van der Waals surface area contributed by atoms with E-state index in [9.17, 15) is 10.1 Å². The van der Waals surface area contributed by atoms with Gasteiger partial charge in [0.2, 0.25) is 5.95 Å². The fourth-order valence-corrected chi connectivity index (χ4v) is 1.45. The summed E-state index contributed by atoms with van der Waals surface area (Å²) in [6, 6.07) is 8.20. The minimum Gasteiger partial charge on any atom is -0.350 e. The lowest BCUT2D eigenvalue weighted by molar-refractivity contribution is -0.384. The highest BCUT2D eigenvalue weighted by Gasteiger charge is 2.04. The van der Waals surface area contributed by atoms with E-state index in [1.807, 2.05) is 13.0 Å². The third kappa shape index (κ3) is 3.00. The Morgan fingerprint density at radius 3 is 2.61 bits per heavy atom. The smallest absolute Gasteiger partial charge is 0.269 e. The van der Waals surface area contributed by atoms with Gasteiger partial charge in [-0.15, -0.1) is 0 Å². The number of benzene rings is 1. The number of non-ortho nitro benzene ring substituents is 1. The number of anilines is 1. The average molecular weight is 244 g/mol. The molecule has 0 aliphatic heterocycles. The van der Waals surface area contributed by atoms with Crippen molar-refractivity contribution in [2.75, 3.05) is 5.32 Å². The van der Waals surface area contributed by atoms with E-state index < -0.39 is 4.92 Å². The Hall–Kier alpha value is -2.50. The molecule has 0 saturated heterocycles. The fraction of sp³-hybridized carbons (Fsp3) is 0.167. The zero-order chi connectivity index (χ0) is 13.0. The van der Waals surface area contributed by atoms with E-state index in [0.29, 0.717) is 12.5 Å². The van der Waals surface area contributed by atoms with Crippen LogP contribution in [0.5, 0.6) is 0 Å². The zero-order valence-corrected chi connectivity index (χ0v) is 9.83. The van der Waals surface area contributed by atoms with Crippen LogP contribution < -0.4 is 5.32 Å². The summed E-state index contributed by atoms with van der Waals surface area (Å²) in [5.74, 6) is 0.549. The van der Waals surface area contributed by atoms with Crippen LogP contribution in [0.3, 0.4) is 0 Å². The van der Waals surface area contributed by atoms with Crippen LogP contribution in [-0.4, -0.2) is 14.9 Å². The second-order valence-electron chi connectivity index (χ2n) is 3.80. The molecule has 2 aromatic rings. The molecule has 0 saturated carbocycles. The molecule has 0 aliphatic carbocycles. The minimum absolute atomic E-state index is 0.0885. The van der Waals surface area contributed by atoms with Crippen LogP contribution in [0.1, 0.15) is 11.3 Å². The first-order chi connectivity index (χ1) is 8.65. The van der Waals surface area contributed by atoms with Gasteiger partial charge in [-0.05, 0) is 18.6 Å². The number of hydrogen-bond acceptors (Lipinski definition) is 5. The van der Waals surface area contributed by atoms with Crippen molar-refractivity contribution in [1.29, 1.82) is 0 Å². The minimum atomic E-state index is -0.416. The Labute approximate surface area is 104 Å². The van der Waals surface area contributed by atoms with Gasteiger partial charge in [0.25, 0.3) is 5.69 Å². The molecule has 6 heteroatoms. The molecule has 0 aliphatic rings. The van der Waals surface area contributed by atoms with Gasteiger partial charge in [-0.25, -0.2) is 9.97 Å². The van der Waals surface area contributed by atoms with Gasteiger partial charge in [-0.2, -0.15) is 0 Å². The number of hydrogen-bond donors (Lipinski definition) is 1. The van der Waals surface area contributed by atoms with E-state index in [1.54, 1.807) is 18.3 Å². The van der Waals surface area contributed by atoms with Crippen LogP contribution in [0, 0.1) is 17.0 Å². The summed E-state index contributed by atoms with van der Waals surface area (Å²) in [6.45, 7) is 2.42. The van der Waals surface area contributed by atoms with E-state index in [2.05, 4.69) is 15.3 Å². The van der Waals surface area contributed by atoms with Crippen molar-refractivity contribution in [3.63, 3.8) is 0 Å². The molecule has 92 valence electrons. The summed E-state index contributed by atoms with van der Waals surface area (Å²) in [6.07, 6.45) is 1.68. The van der Waals surface area contributed by atoms with Crippen molar-refractivity contribution in [2.45, 2.75) is 13.5 Å². The predicted octanol–water partition coefficient (Wildman–Crippen LogP) is 2.31. The maximum atomic E-state index is 10.5. The number of nitro groups is 1. The average Bonchev–Trinajstić information content (AvgIpc) is 2.37. The van der Waals surface area contributed by atoms with Crippen molar-refractivity contribution in [3.05, 3.63) is 57.9 Å². The van der Waals surface area contributed by atoms with Crippen LogP contribution in [0.25, 0.3) is 0 Å². The third-order valence-corrected chi connectivity index (χ3v) is 2.39. The second kappa shape index (κ2) is 5.22. The lowest BCUT2D eigenvalue weighted by atomic mass is 10.2. The quantitative estimate of drug-likeness (QED) is 0.659. The van der Waals surface area contributed by atoms with E-state index in [-0.39, 0.29) is 5.69 Å². The van der Waals surface area contributed by atoms with Crippen LogP contribution in [0.4, 0.5) is 11.6 Å². The molecule has 1 aromatic carbocycles. The van der Waals surface area contributed by atoms with Gasteiger partial charge in [-0.3, -0.25) is 10.1 Å². The maximum absolute atomic E-state index is 10.5. The molecule has 1 N–H and O–H groups in total. The number of aromatic nitrogens is 2. The van der Waals surface area contributed by atoms with Crippen LogP contribution >= 0.6 is 0 Å². The molecule has 0 bridgehead atoms. The van der Waals surface area contributed by atoms with E-state index >= 15 is 0 Å². The van der Waals surface area contributed by atoms with Crippen LogP contribution in [0.15, 0.2) is 36.5 Å². The van der Waals surface area contributed by atoms with Gasteiger partial charge in [0.1, 0.15) is 0 Å². The van der Waals surface area contributed by atoms with E-state index in [4.69, 9.17) is 0 Å². The lowest BCUT2D eigenvalue weighted by Gasteiger charge is -2.04. The normalized spacial score (nSPS) is 10.1. The van der Waals surface area contributed by atoms with Crippen molar-refractivity contribution < 1.29 is 4.92 Å². The van der Waals surface area contributed by atoms with Crippen molar-refractivity contribution in [2.24, 2.45) is 0 Å². The maximum Gasteiger partial charge on any atom is 0.269 e. The third-order valence-electron chi connectivity index (χ3n) is 2.39. The Morgan fingerprint density at radius 1 is 1.28 bits per heavy atom. The molecule has 2 rings (SSSR count). The van der Waals surface area contributed by atoms with Gasteiger partial charge >= 0.3 is 0 Å². The predicted molar refractivity (Wildman–Crippen MR) is 67.2 cm³/mol.